The molecule has 1 aromatic heterocycles. The van der Waals surface area contributed by atoms with Gasteiger partial charge in [0.2, 0.25) is 5.54 Å². The summed E-state index contributed by atoms with van der Waals surface area (Å²) in [5.74, 6) is -0.962. The molecule has 3 heterocycles. The number of nitrogens with two attached hydrogens (primary N) is 1. The van der Waals surface area contributed by atoms with E-state index in [0.29, 0.717) is 5.69 Å². The third-order valence-corrected chi connectivity index (χ3v) is 5.52. The standard InChI is InChI=1S/C19H10ClN5O3/c20-12-6-3-7-13-14(12)19(18(28)23-13)11(8-21)15(22)24-16(26)9-4-1-2-5-10(9)17(27)25(19)24/h1-7H,22H2,(H,23,28). The van der Waals surface area contributed by atoms with Crippen LogP contribution in [0.3, 0.4) is 0 Å². The zero-order valence-corrected chi connectivity index (χ0v) is 14.8. The number of hydrogen-bond acceptors (Lipinski definition) is 5. The molecule has 0 saturated carbocycles. The zero-order chi connectivity index (χ0) is 19.8. The lowest BCUT2D eigenvalue weighted by Crippen LogP contribution is -2.50. The Hall–Kier alpha value is -3.83. The minimum atomic E-state index is -1.95. The molecule has 2 aliphatic heterocycles. The normalized spacial score (nSPS) is 19.6. The molecule has 0 aliphatic carbocycles. The van der Waals surface area contributed by atoms with Crippen LogP contribution in [0, 0.1) is 11.3 Å². The van der Waals surface area contributed by atoms with Gasteiger partial charge in [-0.25, -0.2) is 4.68 Å². The molecule has 0 bridgehead atoms. The van der Waals surface area contributed by atoms with Crippen molar-refractivity contribution in [3.63, 3.8) is 0 Å². The fourth-order valence-corrected chi connectivity index (χ4v) is 4.39. The van der Waals surface area contributed by atoms with E-state index in [9.17, 15) is 19.6 Å². The molecule has 28 heavy (non-hydrogen) atoms. The second kappa shape index (κ2) is 5.12. The summed E-state index contributed by atoms with van der Waals surface area (Å²) in [7, 11) is 0. The van der Waals surface area contributed by atoms with Crippen LogP contribution >= 0.6 is 11.6 Å². The summed E-state index contributed by atoms with van der Waals surface area (Å²) in [6, 6.07) is 12.9. The number of aromatic nitrogens is 2. The minimum Gasteiger partial charge on any atom is -0.383 e. The number of hydrogen-bond donors (Lipinski definition) is 2. The number of carbonyl (C=O) groups is 1. The zero-order valence-electron chi connectivity index (χ0n) is 14.1. The Labute approximate surface area is 161 Å². The monoisotopic (exact) mass is 391 g/mol. The Morgan fingerprint density at radius 3 is 2.39 bits per heavy atom. The van der Waals surface area contributed by atoms with Crippen molar-refractivity contribution in [1.82, 2.24) is 9.36 Å². The van der Waals surface area contributed by atoms with Crippen LogP contribution in [0.25, 0.3) is 16.6 Å². The highest BCUT2D eigenvalue weighted by Gasteiger charge is 2.59. The number of amides is 1. The Morgan fingerprint density at radius 1 is 1.04 bits per heavy atom. The van der Waals surface area contributed by atoms with Crippen LogP contribution in [0.15, 0.2) is 57.6 Å². The van der Waals surface area contributed by atoms with Gasteiger partial charge in [-0.2, -0.15) is 9.94 Å². The lowest BCUT2D eigenvalue weighted by Gasteiger charge is -2.25. The molecule has 2 aromatic carbocycles. The number of nitrogens with one attached hydrogen (secondary N) is 1. The van der Waals surface area contributed by atoms with Crippen LogP contribution in [-0.2, 0) is 10.3 Å². The van der Waals surface area contributed by atoms with E-state index < -0.39 is 22.6 Å². The van der Waals surface area contributed by atoms with E-state index in [1.807, 2.05) is 6.07 Å². The van der Waals surface area contributed by atoms with Gasteiger partial charge < -0.3 is 11.1 Å². The fourth-order valence-electron chi connectivity index (χ4n) is 4.08. The molecule has 3 N–H and O–H groups in total. The van der Waals surface area contributed by atoms with Gasteiger partial charge in [-0.05, 0) is 24.3 Å². The predicted molar refractivity (Wildman–Crippen MR) is 103 cm³/mol. The molecule has 1 unspecified atom stereocenters. The van der Waals surface area contributed by atoms with Crippen molar-refractivity contribution in [2.24, 2.45) is 5.73 Å². The van der Waals surface area contributed by atoms with Crippen molar-refractivity contribution in [2.45, 2.75) is 5.54 Å². The van der Waals surface area contributed by atoms with E-state index in [1.54, 1.807) is 30.3 Å². The Bertz CT molecular complexity index is 1440. The van der Waals surface area contributed by atoms with E-state index in [0.717, 1.165) is 9.36 Å². The Balaban J connectivity index is 2.10. The van der Waals surface area contributed by atoms with Gasteiger partial charge in [0.25, 0.3) is 17.0 Å². The van der Waals surface area contributed by atoms with Crippen LogP contribution in [0.5, 0.6) is 0 Å². The molecule has 2 aliphatic rings. The molecule has 136 valence electrons. The first-order valence-electron chi connectivity index (χ1n) is 8.23. The van der Waals surface area contributed by atoms with Gasteiger partial charge in [0.05, 0.1) is 10.8 Å². The number of halogens is 1. The maximum Gasteiger partial charge on any atom is 0.279 e. The first-order valence-corrected chi connectivity index (χ1v) is 8.61. The maximum absolute atomic E-state index is 13.4. The van der Waals surface area contributed by atoms with E-state index in [1.165, 1.54) is 12.1 Å². The lowest BCUT2D eigenvalue weighted by atomic mass is 9.84. The van der Waals surface area contributed by atoms with Crippen molar-refractivity contribution < 1.29 is 4.79 Å². The fraction of sp³-hybridized carbons (Fsp3) is 0.0526. The molecule has 9 heteroatoms. The summed E-state index contributed by atoms with van der Waals surface area (Å²) >= 11 is 6.38. The minimum absolute atomic E-state index is 0.114. The molecular weight excluding hydrogens is 382 g/mol. The lowest BCUT2D eigenvalue weighted by molar-refractivity contribution is -0.120. The topological polar surface area (TPSA) is 123 Å². The van der Waals surface area contributed by atoms with Crippen molar-refractivity contribution in [2.75, 3.05) is 5.32 Å². The van der Waals surface area contributed by atoms with Crippen LogP contribution in [0.1, 0.15) is 5.56 Å². The number of nitrogens with zero attached hydrogens (tertiary/aromatic N) is 3. The van der Waals surface area contributed by atoms with Crippen molar-refractivity contribution in [3.8, 4) is 6.07 Å². The van der Waals surface area contributed by atoms with Gasteiger partial charge in [0.15, 0.2) is 0 Å². The molecule has 1 amide bonds. The van der Waals surface area contributed by atoms with Gasteiger partial charge >= 0.3 is 0 Å². The summed E-state index contributed by atoms with van der Waals surface area (Å²) in [6.07, 6.45) is 0. The molecule has 1 spiro atoms. The highest BCUT2D eigenvalue weighted by atomic mass is 35.5. The smallest absolute Gasteiger partial charge is 0.279 e. The average Bonchev–Trinajstić information content (AvgIpc) is 3.13. The van der Waals surface area contributed by atoms with E-state index in [4.69, 9.17) is 17.3 Å². The third kappa shape index (κ3) is 1.59. The van der Waals surface area contributed by atoms with Crippen molar-refractivity contribution in [1.29, 1.82) is 5.26 Å². The second-order valence-electron chi connectivity index (χ2n) is 6.48. The van der Waals surface area contributed by atoms with Gasteiger partial charge in [-0.3, -0.25) is 14.4 Å². The number of fused-ring (bicyclic) bond motifs is 5. The summed E-state index contributed by atoms with van der Waals surface area (Å²) in [5.41, 5.74) is 3.26. The second-order valence-corrected chi connectivity index (χ2v) is 6.89. The molecule has 3 aromatic rings. The van der Waals surface area contributed by atoms with Gasteiger partial charge in [0.1, 0.15) is 17.5 Å². The summed E-state index contributed by atoms with van der Waals surface area (Å²) in [6.45, 7) is 0. The number of anilines is 1. The highest BCUT2D eigenvalue weighted by molar-refractivity contribution is 6.33. The van der Waals surface area contributed by atoms with Crippen LogP contribution < -0.4 is 22.2 Å². The predicted octanol–water partition coefficient (Wildman–Crippen LogP) is 1.18. The van der Waals surface area contributed by atoms with Crippen molar-refractivity contribution >= 4 is 39.8 Å². The van der Waals surface area contributed by atoms with Gasteiger partial charge in [0, 0.05) is 16.3 Å². The third-order valence-electron chi connectivity index (χ3n) is 5.20. The molecule has 0 radical (unpaired) electrons. The van der Waals surface area contributed by atoms with Crippen LogP contribution in [0.2, 0.25) is 5.02 Å². The van der Waals surface area contributed by atoms with Crippen molar-refractivity contribution in [3.05, 3.63) is 79.3 Å². The summed E-state index contributed by atoms with van der Waals surface area (Å²) in [4.78, 5) is 39.7. The van der Waals surface area contributed by atoms with Crippen LogP contribution in [0.4, 0.5) is 5.69 Å². The van der Waals surface area contributed by atoms with E-state index in [-0.39, 0.29) is 32.8 Å². The number of benzene rings is 2. The van der Waals surface area contributed by atoms with Crippen LogP contribution in [-0.4, -0.2) is 15.3 Å². The quantitative estimate of drug-likeness (QED) is 0.595. The average molecular weight is 392 g/mol. The SMILES string of the molecule is N#CC1=C(N)n2c(=O)c3ccccc3c(=O)n2C12C(=O)Nc1cccc(Cl)c12. The Kier molecular flexibility index (Phi) is 2.99. The number of rotatable bonds is 0. The van der Waals surface area contributed by atoms with E-state index in [2.05, 4.69) is 5.32 Å². The number of nitriles is 1. The van der Waals surface area contributed by atoms with Gasteiger partial charge in [-0.15, -0.1) is 0 Å². The maximum atomic E-state index is 13.4. The Morgan fingerprint density at radius 2 is 1.71 bits per heavy atom. The molecule has 1 atom stereocenters. The summed E-state index contributed by atoms with van der Waals surface area (Å²) in [5, 5.41) is 12.9. The molecule has 8 nitrogen and oxygen atoms in total. The molecular formula is C19H10ClN5O3. The number of carbonyl (C=O) groups excluding carboxylic acids is 1. The molecule has 0 saturated heterocycles. The van der Waals surface area contributed by atoms with Gasteiger partial charge in [-0.1, -0.05) is 29.8 Å². The molecule has 5 rings (SSSR count). The summed E-state index contributed by atoms with van der Waals surface area (Å²) < 4.78 is 1.83. The first-order chi connectivity index (χ1) is 13.4. The molecule has 0 fully saturated rings. The largest absolute Gasteiger partial charge is 0.383 e. The first kappa shape index (κ1) is 16.4. The highest BCUT2D eigenvalue weighted by Crippen LogP contribution is 2.49. The van der Waals surface area contributed by atoms with E-state index >= 15 is 0 Å².